The van der Waals surface area contributed by atoms with Gasteiger partial charge in [0.25, 0.3) is 0 Å². The topological polar surface area (TPSA) is 95.3 Å². The Labute approximate surface area is 110 Å². The van der Waals surface area contributed by atoms with Gasteiger partial charge in [-0.25, -0.2) is 0 Å². The molecular weight excluding hydrogens is 280 g/mol. The molecule has 2 N–H and O–H groups in total. The number of nitrogens with one attached hydrogen (secondary N) is 2. The molecule has 0 aromatic heterocycles. The van der Waals surface area contributed by atoms with E-state index in [1.54, 1.807) is 12.1 Å². The molecule has 0 aliphatic carbocycles. The van der Waals surface area contributed by atoms with Crippen LogP contribution >= 0.6 is 46.0 Å². The molecule has 0 fully saturated rings. The van der Waals surface area contributed by atoms with Gasteiger partial charge in [0.1, 0.15) is 31.7 Å². The lowest BCUT2D eigenvalue weighted by Crippen LogP contribution is -1.94. The molecule has 0 amide bonds. The fourth-order valence-electron chi connectivity index (χ4n) is 0.416. The molecule has 0 bridgehead atoms. The van der Waals surface area contributed by atoms with Gasteiger partial charge in [-0.05, 0) is 33.3 Å². The fourth-order valence-corrected chi connectivity index (χ4v) is 2.83. The summed E-state index contributed by atoms with van der Waals surface area (Å²) in [5.74, 6) is 4.01. The van der Waals surface area contributed by atoms with Crippen LogP contribution in [0.2, 0.25) is 0 Å². The maximum absolute atomic E-state index is 8.52. The standard InChI is InChI=1S/C8H2N4S4/c9-1-5(13)7(3-11)15-16-8(4-12)6(14)2-10/h11-12H. The summed E-state index contributed by atoms with van der Waals surface area (Å²) in [6, 6.07) is 3.41. The molecule has 0 saturated heterocycles. The van der Waals surface area contributed by atoms with Crippen LogP contribution in [-0.4, -0.2) is 21.5 Å². The summed E-state index contributed by atoms with van der Waals surface area (Å²) in [4.78, 5) is 0.159. The van der Waals surface area contributed by atoms with Crippen molar-refractivity contribution in [3.05, 3.63) is 9.81 Å². The van der Waals surface area contributed by atoms with Crippen molar-refractivity contribution in [1.82, 2.24) is 0 Å². The lowest BCUT2D eigenvalue weighted by atomic mass is 10.4. The van der Waals surface area contributed by atoms with Gasteiger partial charge in [0.15, 0.2) is 0 Å². The van der Waals surface area contributed by atoms with Crippen LogP contribution in [0.4, 0.5) is 0 Å². The highest BCUT2D eigenvalue weighted by Gasteiger charge is 2.11. The summed E-state index contributed by atoms with van der Waals surface area (Å²) >= 11 is 9.34. The van der Waals surface area contributed by atoms with Crippen LogP contribution < -0.4 is 0 Å². The van der Waals surface area contributed by atoms with Gasteiger partial charge in [-0.1, -0.05) is 24.4 Å². The third-order valence-corrected chi connectivity index (χ3v) is 4.18. The van der Waals surface area contributed by atoms with E-state index in [1.165, 1.54) is 0 Å². The third kappa shape index (κ3) is 4.52. The minimum atomic E-state index is -0.0697. The normalized spacial score (nSPS) is 7.62. The predicted molar refractivity (Wildman–Crippen MR) is 74.1 cm³/mol. The summed E-state index contributed by atoms with van der Waals surface area (Å²) in [6.45, 7) is 0. The van der Waals surface area contributed by atoms with Gasteiger partial charge in [-0.3, -0.25) is 10.8 Å². The maximum Gasteiger partial charge on any atom is 0.139 e. The van der Waals surface area contributed by atoms with Crippen molar-refractivity contribution in [3.63, 3.8) is 0 Å². The van der Waals surface area contributed by atoms with Crippen molar-refractivity contribution < 1.29 is 0 Å². The Morgan fingerprint density at radius 3 is 1.38 bits per heavy atom. The molecule has 8 heteroatoms. The Balaban J connectivity index is 4.71. The smallest absolute Gasteiger partial charge is 0.139 e. The monoisotopic (exact) mass is 282 g/mol. The van der Waals surface area contributed by atoms with E-state index in [4.69, 9.17) is 21.3 Å². The van der Waals surface area contributed by atoms with Crippen molar-refractivity contribution >= 4 is 67.5 Å². The van der Waals surface area contributed by atoms with E-state index in [-0.39, 0.29) is 19.5 Å². The minimum absolute atomic E-state index is 0.0697. The third-order valence-electron chi connectivity index (χ3n) is 1.05. The van der Waals surface area contributed by atoms with E-state index in [9.17, 15) is 0 Å². The molecule has 16 heavy (non-hydrogen) atoms. The molecule has 0 unspecified atom stereocenters. The fraction of sp³-hybridized carbons (Fsp3) is 0. The first-order valence-corrected chi connectivity index (χ1v) is 6.40. The molecule has 0 spiro atoms. The summed E-state index contributed by atoms with van der Waals surface area (Å²) in [6.07, 6.45) is 0. The number of hydrogen-bond donors (Lipinski definition) is 2. The SMILES string of the molecule is N#CC(=S)C(=C=N)SSC(=C=N)C(=S)C#N. The number of nitrogens with zero attached hydrogens (tertiary/aromatic N) is 2. The number of thiocarbonyl (C=S) groups is 2. The summed E-state index contributed by atoms with van der Waals surface area (Å²) < 4.78 is 0. The quantitative estimate of drug-likeness (QED) is 0.348. The first-order valence-electron chi connectivity index (χ1n) is 3.43. The zero-order valence-electron chi connectivity index (χ0n) is 7.53. The molecule has 78 valence electrons. The second-order valence-corrected chi connectivity index (χ2v) is 4.92. The molecule has 0 aliphatic heterocycles. The van der Waals surface area contributed by atoms with Crippen molar-refractivity contribution in [1.29, 1.82) is 21.3 Å². The Kier molecular flexibility index (Phi) is 7.36. The number of rotatable bonds is 5. The number of nitriles is 2. The summed E-state index contributed by atoms with van der Waals surface area (Å²) in [5.41, 5.74) is 0. The Morgan fingerprint density at radius 2 is 1.19 bits per heavy atom. The molecule has 4 nitrogen and oxygen atoms in total. The first kappa shape index (κ1) is 14.8. The lowest BCUT2D eigenvalue weighted by Gasteiger charge is -1.99. The van der Waals surface area contributed by atoms with Crippen LogP contribution in [0.15, 0.2) is 9.81 Å². The Morgan fingerprint density at radius 1 is 0.875 bits per heavy atom. The second kappa shape index (κ2) is 7.98. The zero-order valence-corrected chi connectivity index (χ0v) is 10.8. The van der Waals surface area contributed by atoms with Crippen molar-refractivity contribution in [2.45, 2.75) is 0 Å². The molecule has 0 heterocycles. The average molecular weight is 282 g/mol. The second-order valence-electron chi connectivity index (χ2n) is 1.96. The van der Waals surface area contributed by atoms with E-state index in [1.807, 2.05) is 11.7 Å². The lowest BCUT2D eigenvalue weighted by molar-refractivity contribution is 1.55. The van der Waals surface area contributed by atoms with Crippen molar-refractivity contribution in [3.8, 4) is 12.1 Å². The molecule has 0 radical (unpaired) electrons. The van der Waals surface area contributed by atoms with Gasteiger partial charge in [-0.15, -0.1) is 0 Å². The van der Waals surface area contributed by atoms with Crippen LogP contribution in [0.25, 0.3) is 0 Å². The highest BCUT2D eigenvalue weighted by molar-refractivity contribution is 8.80. The van der Waals surface area contributed by atoms with Crippen molar-refractivity contribution in [2.24, 2.45) is 0 Å². The van der Waals surface area contributed by atoms with Gasteiger partial charge < -0.3 is 0 Å². The van der Waals surface area contributed by atoms with Gasteiger partial charge >= 0.3 is 0 Å². The minimum Gasteiger partial charge on any atom is -0.258 e. The molecule has 0 rings (SSSR count). The van der Waals surface area contributed by atoms with Gasteiger partial charge in [-0.2, -0.15) is 10.5 Å². The summed E-state index contributed by atoms with van der Waals surface area (Å²) in [5, 5.41) is 30.9. The van der Waals surface area contributed by atoms with Crippen LogP contribution in [0.3, 0.4) is 0 Å². The maximum atomic E-state index is 8.52. The first-order chi connectivity index (χ1) is 7.60. The van der Waals surface area contributed by atoms with Crippen LogP contribution in [0, 0.1) is 33.5 Å². The molecule has 0 saturated carbocycles. The van der Waals surface area contributed by atoms with E-state index in [0.717, 1.165) is 21.6 Å². The highest BCUT2D eigenvalue weighted by atomic mass is 33.1. The highest BCUT2D eigenvalue weighted by Crippen LogP contribution is 2.35. The van der Waals surface area contributed by atoms with E-state index in [0.29, 0.717) is 0 Å². The van der Waals surface area contributed by atoms with Crippen LogP contribution in [-0.2, 0) is 0 Å². The molecule has 0 atom stereocenters. The number of allylic oxidation sites excluding steroid dienone is 2. The molecule has 0 aromatic carbocycles. The molecular formula is C8H2N4S4. The Bertz CT molecular complexity index is 461. The van der Waals surface area contributed by atoms with Crippen LogP contribution in [0.1, 0.15) is 0 Å². The van der Waals surface area contributed by atoms with E-state index < -0.39 is 0 Å². The average Bonchev–Trinajstić information content (AvgIpc) is 2.33. The number of hydrogen-bond acceptors (Lipinski definition) is 8. The van der Waals surface area contributed by atoms with E-state index >= 15 is 0 Å². The zero-order chi connectivity index (χ0) is 12.6. The Hall–Kier alpha value is -1.24. The molecule has 0 aromatic rings. The molecule has 0 aliphatic rings. The summed E-state index contributed by atoms with van der Waals surface area (Å²) in [7, 11) is 1.89. The van der Waals surface area contributed by atoms with Crippen molar-refractivity contribution in [2.75, 3.05) is 0 Å². The van der Waals surface area contributed by atoms with Gasteiger partial charge in [0.05, 0.1) is 0 Å². The van der Waals surface area contributed by atoms with Gasteiger partial charge in [0.2, 0.25) is 0 Å². The van der Waals surface area contributed by atoms with Crippen LogP contribution in [0.5, 0.6) is 0 Å². The van der Waals surface area contributed by atoms with Gasteiger partial charge in [0, 0.05) is 0 Å². The predicted octanol–water partition coefficient (Wildman–Crippen LogP) is 2.42. The largest absolute Gasteiger partial charge is 0.258 e. The van der Waals surface area contributed by atoms with E-state index in [2.05, 4.69) is 24.4 Å².